The Kier molecular flexibility index (Phi) is 7.91. The normalized spacial score (nSPS) is 20.1. The van der Waals surface area contributed by atoms with Crippen LogP contribution in [0.25, 0.3) is 0 Å². The van der Waals surface area contributed by atoms with Crippen LogP contribution in [0.5, 0.6) is 11.5 Å². The van der Waals surface area contributed by atoms with Crippen molar-refractivity contribution in [1.82, 2.24) is 5.32 Å². The maximum Gasteiger partial charge on any atom is 0.491 e. The summed E-state index contributed by atoms with van der Waals surface area (Å²) in [4.78, 5) is 35.3. The zero-order valence-electron chi connectivity index (χ0n) is 18.3. The lowest BCUT2D eigenvalue weighted by Gasteiger charge is -2.40. The van der Waals surface area contributed by atoms with Crippen molar-refractivity contribution >= 4 is 35.6 Å². The van der Waals surface area contributed by atoms with Crippen molar-refractivity contribution in [3.05, 3.63) is 52.5 Å². The van der Waals surface area contributed by atoms with Crippen LogP contribution >= 0.6 is 11.6 Å². The van der Waals surface area contributed by atoms with Gasteiger partial charge in [-0.1, -0.05) is 23.7 Å². The minimum Gasteiger partial charge on any atom is -0.506 e. The van der Waals surface area contributed by atoms with Gasteiger partial charge in [0.15, 0.2) is 5.75 Å². The molecule has 0 atom stereocenters. The Morgan fingerprint density at radius 2 is 1.91 bits per heavy atom. The zero-order chi connectivity index (χ0) is 25.8. The van der Waals surface area contributed by atoms with Gasteiger partial charge in [0, 0.05) is 23.0 Å². The highest BCUT2D eigenvalue weighted by Gasteiger charge is 2.43. The number of alkyl halides is 3. The number of hydrogen-bond donors (Lipinski definition) is 4. The number of phenols is 1. The number of rotatable bonds is 7. The molecule has 1 aliphatic carbocycles. The fourth-order valence-electron chi connectivity index (χ4n) is 4.21. The Balaban J connectivity index is 1.81. The van der Waals surface area contributed by atoms with Gasteiger partial charge >= 0.3 is 12.1 Å². The van der Waals surface area contributed by atoms with Gasteiger partial charge in [-0.25, -0.2) is 4.79 Å². The summed E-state index contributed by atoms with van der Waals surface area (Å²) in [6.07, 6.45) is -3.02. The van der Waals surface area contributed by atoms with E-state index < -0.39 is 40.8 Å². The van der Waals surface area contributed by atoms with E-state index in [1.807, 2.05) is 23.5 Å². The molecule has 3 rings (SSSR count). The van der Waals surface area contributed by atoms with Gasteiger partial charge in [-0.3, -0.25) is 9.59 Å². The Labute approximate surface area is 203 Å². The average molecular weight is 514 g/mol. The van der Waals surface area contributed by atoms with E-state index in [9.17, 15) is 32.7 Å². The quantitative estimate of drug-likeness (QED) is 0.193. The third-order valence-electron chi connectivity index (χ3n) is 6.12. The van der Waals surface area contributed by atoms with Gasteiger partial charge in [-0.2, -0.15) is 13.2 Å². The first kappa shape index (κ1) is 26.3. The summed E-state index contributed by atoms with van der Waals surface area (Å²) in [5.41, 5.74) is 5.64. The van der Waals surface area contributed by atoms with E-state index in [2.05, 4.69) is 10.1 Å². The molecule has 0 aromatic heterocycles. The van der Waals surface area contributed by atoms with Crippen LogP contribution < -0.4 is 21.1 Å². The van der Waals surface area contributed by atoms with E-state index in [0.717, 1.165) is 17.7 Å². The van der Waals surface area contributed by atoms with Crippen molar-refractivity contribution in [2.24, 2.45) is 5.73 Å². The largest absolute Gasteiger partial charge is 0.506 e. The van der Waals surface area contributed by atoms with Gasteiger partial charge in [-0.15, -0.1) is 0 Å². The van der Waals surface area contributed by atoms with Crippen molar-refractivity contribution in [2.75, 3.05) is 11.9 Å². The van der Waals surface area contributed by atoms with E-state index in [1.54, 1.807) is 6.07 Å². The predicted octanol–water partition coefficient (Wildman–Crippen LogP) is 3.65. The third-order valence-corrected chi connectivity index (χ3v) is 6.35. The molecule has 1 saturated carbocycles. The molecule has 2 amide bonds. The maximum atomic E-state index is 13.0. The molecule has 0 heterocycles. The van der Waals surface area contributed by atoms with Crippen LogP contribution in [0.2, 0.25) is 5.02 Å². The van der Waals surface area contributed by atoms with E-state index in [-0.39, 0.29) is 17.9 Å². The summed E-state index contributed by atoms with van der Waals surface area (Å²) in [6, 6.07) is 9.04. The van der Waals surface area contributed by atoms with Gasteiger partial charge < -0.3 is 26.2 Å². The first-order valence-electron chi connectivity index (χ1n) is 10.6. The van der Waals surface area contributed by atoms with Crippen molar-refractivity contribution < 1.29 is 37.4 Å². The first-order chi connectivity index (χ1) is 16.5. The monoisotopic (exact) mass is 513 g/mol. The predicted molar refractivity (Wildman–Crippen MR) is 121 cm³/mol. The SMILES string of the molecule is NCC1(c2cccc(Cl)c2)CCC(NC(=O)c2ccc(O)c(NC=O)c2OC(=O)C(F)(F)F)CC1. The van der Waals surface area contributed by atoms with E-state index >= 15 is 0 Å². The number of nitrogens with two attached hydrogens (primary N) is 1. The highest BCUT2D eigenvalue weighted by Crippen LogP contribution is 2.41. The summed E-state index contributed by atoms with van der Waals surface area (Å²) in [5, 5.41) is 15.2. The maximum absolute atomic E-state index is 13.0. The number of carbonyl (C=O) groups is 3. The molecule has 0 saturated heterocycles. The molecule has 8 nitrogen and oxygen atoms in total. The van der Waals surface area contributed by atoms with Gasteiger partial charge in [0.25, 0.3) is 5.91 Å². The van der Waals surface area contributed by atoms with Gasteiger partial charge in [0.1, 0.15) is 11.4 Å². The Morgan fingerprint density at radius 3 is 2.49 bits per heavy atom. The molecule has 1 fully saturated rings. The Bertz CT molecular complexity index is 1120. The number of esters is 1. The molecular formula is C23H23ClF3N3O5. The van der Waals surface area contributed by atoms with Crippen molar-refractivity contribution in [3.8, 4) is 11.5 Å². The number of nitrogens with one attached hydrogen (secondary N) is 2. The van der Waals surface area contributed by atoms with Crippen LogP contribution in [0.3, 0.4) is 0 Å². The second-order valence-corrected chi connectivity index (χ2v) is 8.66. The minimum absolute atomic E-state index is 0.0606. The lowest BCUT2D eigenvalue weighted by molar-refractivity contribution is -0.189. The molecule has 2 aromatic carbocycles. The van der Waals surface area contributed by atoms with Crippen LogP contribution in [-0.2, 0) is 15.0 Å². The topological polar surface area (TPSA) is 131 Å². The summed E-state index contributed by atoms with van der Waals surface area (Å²) < 4.78 is 42.7. The van der Waals surface area contributed by atoms with Crippen LogP contribution in [0, 0.1) is 0 Å². The van der Waals surface area contributed by atoms with Gasteiger partial charge in [0.05, 0.1) is 5.56 Å². The standard InChI is InChI=1S/C23H23ClF3N3O5/c24-14-3-1-2-13(10-14)22(11-28)8-6-15(7-9-22)30-20(33)16-4-5-17(32)18(29-12-31)19(16)35-21(34)23(25,26)27/h1-5,10,12,15,32H,6-9,11,28H2,(H,29,31)(H,30,33). The molecule has 0 bridgehead atoms. The molecule has 0 aliphatic heterocycles. The summed E-state index contributed by atoms with van der Waals surface area (Å²) >= 11 is 6.12. The summed E-state index contributed by atoms with van der Waals surface area (Å²) in [7, 11) is 0. The number of halogens is 4. The van der Waals surface area contributed by atoms with E-state index in [4.69, 9.17) is 17.3 Å². The lowest BCUT2D eigenvalue weighted by atomic mass is 9.68. The molecule has 0 radical (unpaired) electrons. The molecule has 12 heteroatoms. The first-order valence-corrected chi connectivity index (χ1v) is 11.0. The molecule has 2 aromatic rings. The number of ether oxygens (including phenoxy) is 1. The number of anilines is 1. The van der Waals surface area contributed by atoms with Crippen LogP contribution in [0.1, 0.15) is 41.6 Å². The second kappa shape index (κ2) is 10.5. The smallest absolute Gasteiger partial charge is 0.491 e. The molecule has 5 N–H and O–H groups in total. The van der Waals surface area contributed by atoms with E-state index in [0.29, 0.717) is 37.3 Å². The van der Waals surface area contributed by atoms with Crippen molar-refractivity contribution in [2.45, 2.75) is 43.3 Å². The van der Waals surface area contributed by atoms with Crippen molar-refractivity contribution in [1.29, 1.82) is 0 Å². The highest BCUT2D eigenvalue weighted by atomic mass is 35.5. The van der Waals surface area contributed by atoms with Gasteiger partial charge in [-0.05, 0) is 55.5 Å². The second-order valence-electron chi connectivity index (χ2n) is 8.23. The minimum atomic E-state index is -5.37. The Hall–Kier alpha value is -3.31. The lowest BCUT2D eigenvalue weighted by Crippen LogP contribution is -2.45. The number of hydrogen-bond acceptors (Lipinski definition) is 6. The molecule has 35 heavy (non-hydrogen) atoms. The van der Waals surface area contributed by atoms with Gasteiger partial charge in [0.2, 0.25) is 6.41 Å². The molecule has 1 aliphatic rings. The van der Waals surface area contributed by atoms with Crippen LogP contribution in [-0.4, -0.2) is 42.2 Å². The average Bonchev–Trinajstić information content (AvgIpc) is 2.81. The number of aromatic hydroxyl groups is 1. The number of amides is 2. The zero-order valence-corrected chi connectivity index (χ0v) is 19.1. The van der Waals surface area contributed by atoms with Crippen LogP contribution in [0.15, 0.2) is 36.4 Å². The number of phenolic OH excluding ortho intramolecular Hbond substituents is 1. The third kappa shape index (κ3) is 5.85. The molecule has 0 spiro atoms. The summed E-state index contributed by atoms with van der Waals surface area (Å²) in [6.45, 7) is 0.365. The molecule has 188 valence electrons. The molecule has 0 unspecified atom stereocenters. The fourth-order valence-corrected chi connectivity index (χ4v) is 4.40. The number of benzene rings is 2. The van der Waals surface area contributed by atoms with Crippen LogP contribution in [0.4, 0.5) is 18.9 Å². The number of carbonyl (C=O) groups excluding carboxylic acids is 3. The molecular weight excluding hydrogens is 491 g/mol. The van der Waals surface area contributed by atoms with E-state index in [1.165, 1.54) is 0 Å². The van der Waals surface area contributed by atoms with Crippen molar-refractivity contribution in [3.63, 3.8) is 0 Å². The highest BCUT2D eigenvalue weighted by molar-refractivity contribution is 6.30. The Morgan fingerprint density at radius 1 is 1.23 bits per heavy atom. The fraction of sp³-hybridized carbons (Fsp3) is 0.348. The summed E-state index contributed by atoms with van der Waals surface area (Å²) in [5.74, 6) is -5.05.